The number of ether oxygens (including phenoxy) is 3. The molecule has 2 unspecified atom stereocenters. The number of alkyl halides is 2. The molecule has 31 heavy (non-hydrogen) atoms. The second kappa shape index (κ2) is 26.6. The third-order valence-corrected chi connectivity index (χ3v) is 6.43. The van der Waals surface area contributed by atoms with Gasteiger partial charge in [-0.3, -0.25) is 0 Å². The third-order valence-electron chi connectivity index (χ3n) is 5.31. The fourth-order valence-corrected chi connectivity index (χ4v) is 4.16. The Morgan fingerprint density at radius 1 is 0.516 bits per heavy atom. The zero-order chi connectivity index (χ0) is 22.8. The van der Waals surface area contributed by atoms with E-state index in [-0.39, 0.29) is 12.6 Å². The van der Waals surface area contributed by atoms with Gasteiger partial charge in [-0.05, 0) is 51.4 Å². The van der Waals surface area contributed by atoms with Gasteiger partial charge in [0, 0.05) is 37.7 Å². The molecule has 0 saturated heterocycles. The van der Waals surface area contributed by atoms with Crippen LogP contribution in [0.5, 0.6) is 0 Å². The van der Waals surface area contributed by atoms with Crippen molar-refractivity contribution in [1.29, 1.82) is 0 Å². The molecule has 0 aromatic carbocycles. The maximum absolute atomic E-state index is 5.99. The van der Waals surface area contributed by atoms with E-state index in [0.29, 0.717) is 0 Å². The molecule has 0 aromatic heterocycles. The lowest BCUT2D eigenvalue weighted by atomic mass is 10.1. The number of rotatable bonds is 24. The number of halogens is 2. The van der Waals surface area contributed by atoms with Crippen molar-refractivity contribution >= 4 is 31.9 Å². The van der Waals surface area contributed by atoms with Crippen LogP contribution >= 0.6 is 31.9 Å². The van der Waals surface area contributed by atoms with Crippen LogP contribution in [0.25, 0.3) is 0 Å². The fourth-order valence-electron chi connectivity index (χ4n) is 3.36. The van der Waals surface area contributed by atoms with E-state index in [0.717, 1.165) is 36.3 Å². The van der Waals surface area contributed by atoms with E-state index in [1.165, 1.54) is 77.0 Å². The van der Waals surface area contributed by atoms with E-state index in [1.807, 2.05) is 0 Å². The number of hydrogen-bond acceptors (Lipinski definition) is 3. The Hall–Kier alpha value is 0.320. The molecule has 0 saturated carbocycles. The monoisotopic (exact) mass is 566 g/mol. The molecule has 0 N–H and O–H groups in total. The first-order chi connectivity index (χ1) is 15.3. The highest BCUT2D eigenvalue weighted by Crippen LogP contribution is 2.14. The Kier molecular flexibility index (Phi) is 26.8. The van der Waals surface area contributed by atoms with Gasteiger partial charge in [-0.25, -0.2) is 0 Å². The Balaban J connectivity index is 3.77. The summed E-state index contributed by atoms with van der Waals surface area (Å²) in [6.07, 6.45) is 28.0. The second-order valence-electron chi connectivity index (χ2n) is 8.05. The smallest absolute Gasteiger partial charge is 0.160 e. The highest BCUT2D eigenvalue weighted by molar-refractivity contribution is 9.09. The molecule has 0 aliphatic rings. The Morgan fingerprint density at radius 3 is 1.26 bits per heavy atom. The zero-order valence-corrected chi connectivity index (χ0v) is 23.3. The minimum Gasteiger partial charge on any atom is -0.356 e. The summed E-state index contributed by atoms with van der Waals surface area (Å²) in [6.45, 7) is 0. The molecule has 2 atom stereocenters. The first-order valence-corrected chi connectivity index (χ1v) is 14.7. The van der Waals surface area contributed by atoms with Gasteiger partial charge in [0.15, 0.2) is 12.6 Å². The van der Waals surface area contributed by atoms with Gasteiger partial charge in [-0.2, -0.15) is 0 Å². The van der Waals surface area contributed by atoms with Gasteiger partial charge in [0.2, 0.25) is 0 Å². The normalized spacial score (nSPS) is 14.1. The average molecular weight is 568 g/mol. The van der Waals surface area contributed by atoms with Crippen LogP contribution in [0.1, 0.15) is 103 Å². The lowest BCUT2D eigenvalue weighted by molar-refractivity contribution is -0.232. The van der Waals surface area contributed by atoms with Crippen LogP contribution < -0.4 is 0 Å². The summed E-state index contributed by atoms with van der Waals surface area (Å²) < 4.78 is 17.0. The SMILES string of the molecule is COC(CCC=CCCCCCCCBr)OC(CCC=CCCCCCCCBr)OC. The molecule has 0 aromatic rings. The highest BCUT2D eigenvalue weighted by atomic mass is 79.9. The molecule has 0 fully saturated rings. The van der Waals surface area contributed by atoms with Gasteiger partial charge in [0.05, 0.1) is 0 Å². The minimum absolute atomic E-state index is 0.206. The predicted molar refractivity (Wildman–Crippen MR) is 142 cm³/mol. The number of methoxy groups -OCH3 is 2. The van der Waals surface area contributed by atoms with Crippen molar-refractivity contribution in [3.8, 4) is 0 Å². The summed E-state index contributed by atoms with van der Waals surface area (Å²) in [5, 5.41) is 2.27. The summed E-state index contributed by atoms with van der Waals surface area (Å²) >= 11 is 6.97. The summed E-state index contributed by atoms with van der Waals surface area (Å²) in [7, 11) is 3.43. The van der Waals surface area contributed by atoms with Crippen molar-refractivity contribution in [3.63, 3.8) is 0 Å². The zero-order valence-electron chi connectivity index (χ0n) is 20.2. The van der Waals surface area contributed by atoms with E-state index in [4.69, 9.17) is 14.2 Å². The van der Waals surface area contributed by atoms with Gasteiger partial charge in [-0.15, -0.1) is 0 Å². The first kappa shape index (κ1) is 31.3. The van der Waals surface area contributed by atoms with Gasteiger partial charge in [-0.1, -0.05) is 94.7 Å². The molecule has 0 spiro atoms. The van der Waals surface area contributed by atoms with Crippen LogP contribution in [-0.2, 0) is 14.2 Å². The molecule has 3 nitrogen and oxygen atoms in total. The Bertz CT molecular complexity index is 366. The topological polar surface area (TPSA) is 27.7 Å². The number of unbranched alkanes of at least 4 members (excludes halogenated alkanes) is 10. The molecule has 0 aliphatic heterocycles. The van der Waals surface area contributed by atoms with Crippen LogP contribution in [0.3, 0.4) is 0 Å². The fraction of sp³-hybridized carbons (Fsp3) is 0.846. The van der Waals surface area contributed by atoms with Crippen molar-refractivity contribution in [2.24, 2.45) is 0 Å². The van der Waals surface area contributed by atoms with Crippen LogP contribution in [0.15, 0.2) is 24.3 Å². The molecule has 0 rings (SSSR count). The Morgan fingerprint density at radius 2 is 0.871 bits per heavy atom. The summed E-state index contributed by atoms with van der Waals surface area (Å²) in [5.41, 5.74) is 0. The van der Waals surface area contributed by atoms with E-state index in [1.54, 1.807) is 14.2 Å². The van der Waals surface area contributed by atoms with Crippen LogP contribution in [0, 0.1) is 0 Å². The molecule has 0 aliphatic carbocycles. The summed E-state index contributed by atoms with van der Waals surface area (Å²) in [4.78, 5) is 0. The van der Waals surface area contributed by atoms with E-state index >= 15 is 0 Å². The van der Waals surface area contributed by atoms with Gasteiger partial charge in [0.1, 0.15) is 0 Å². The summed E-state index contributed by atoms with van der Waals surface area (Å²) in [5.74, 6) is 0. The van der Waals surface area contributed by atoms with Gasteiger partial charge in [0.25, 0.3) is 0 Å². The minimum atomic E-state index is -0.206. The molecule has 0 amide bonds. The standard InChI is InChI=1S/C26H48Br2O3/c1-29-25(21-17-13-9-5-3-7-11-15-19-23-27)31-26(30-2)22-18-14-10-6-4-8-12-16-20-24-28/h9-10,13-14,25-26H,3-8,11-12,15-24H2,1-2H3. The maximum atomic E-state index is 5.99. The number of allylic oxidation sites excluding steroid dienone is 4. The van der Waals surface area contributed by atoms with Crippen molar-refractivity contribution in [2.45, 2.75) is 115 Å². The maximum Gasteiger partial charge on any atom is 0.160 e. The van der Waals surface area contributed by atoms with E-state index < -0.39 is 0 Å². The van der Waals surface area contributed by atoms with Crippen LogP contribution in [-0.4, -0.2) is 37.5 Å². The lowest BCUT2D eigenvalue weighted by Crippen LogP contribution is -2.25. The molecule has 184 valence electrons. The first-order valence-electron chi connectivity index (χ1n) is 12.4. The van der Waals surface area contributed by atoms with Crippen molar-refractivity contribution in [2.75, 3.05) is 24.9 Å². The van der Waals surface area contributed by atoms with E-state index in [9.17, 15) is 0 Å². The largest absolute Gasteiger partial charge is 0.356 e. The molecule has 5 heteroatoms. The van der Waals surface area contributed by atoms with E-state index in [2.05, 4.69) is 56.2 Å². The van der Waals surface area contributed by atoms with Crippen molar-refractivity contribution in [3.05, 3.63) is 24.3 Å². The molecular weight excluding hydrogens is 520 g/mol. The summed E-state index contributed by atoms with van der Waals surface area (Å²) in [6, 6.07) is 0. The van der Waals surface area contributed by atoms with Gasteiger partial charge < -0.3 is 14.2 Å². The van der Waals surface area contributed by atoms with Crippen LogP contribution in [0.2, 0.25) is 0 Å². The highest BCUT2D eigenvalue weighted by Gasteiger charge is 2.14. The third kappa shape index (κ3) is 23.3. The Labute approximate surface area is 210 Å². The van der Waals surface area contributed by atoms with Crippen molar-refractivity contribution < 1.29 is 14.2 Å². The quantitative estimate of drug-likeness (QED) is 0.0503. The molecular formula is C26H48Br2O3. The second-order valence-corrected chi connectivity index (χ2v) is 9.64. The molecule has 0 radical (unpaired) electrons. The van der Waals surface area contributed by atoms with Crippen LogP contribution in [0.4, 0.5) is 0 Å². The predicted octanol–water partition coefficient (Wildman–Crippen LogP) is 9.09. The molecule has 0 heterocycles. The molecule has 0 bridgehead atoms. The lowest BCUT2D eigenvalue weighted by Gasteiger charge is -2.22. The average Bonchev–Trinajstić information content (AvgIpc) is 2.79. The van der Waals surface area contributed by atoms with Gasteiger partial charge >= 0.3 is 0 Å². The number of hydrogen-bond donors (Lipinski definition) is 0. The van der Waals surface area contributed by atoms with Crippen molar-refractivity contribution in [1.82, 2.24) is 0 Å².